The Morgan fingerprint density at radius 2 is 1.86 bits per heavy atom. The SMILES string of the molecule is CCNC(=O)C(C)N(Cc1ccccc1F)C(=O)COc1cccc(C)c1C. The van der Waals surface area contributed by atoms with Crippen molar-refractivity contribution in [2.24, 2.45) is 0 Å². The van der Waals surface area contributed by atoms with Crippen molar-refractivity contribution in [2.45, 2.75) is 40.3 Å². The Kier molecular flexibility index (Phi) is 7.55. The summed E-state index contributed by atoms with van der Waals surface area (Å²) in [5.74, 6) is -0.481. The molecule has 0 spiro atoms. The van der Waals surface area contributed by atoms with Crippen molar-refractivity contribution in [3.05, 3.63) is 65.0 Å². The van der Waals surface area contributed by atoms with E-state index in [1.165, 1.54) is 11.0 Å². The monoisotopic (exact) mass is 386 g/mol. The summed E-state index contributed by atoms with van der Waals surface area (Å²) >= 11 is 0. The molecule has 5 nitrogen and oxygen atoms in total. The van der Waals surface area contributed by atoms with E-state index in [1.807, 2.05) is 26.0 Å². The molecule has 2 aromatic rings. The second-order valence-electron chi connectivity index (χ2n) is 6.67. The summed E-state index contributed by atoms with van der Waals surface area (Å²) in [7, 11) is 0. The Morgan fingerprint density at radius 1 is 1.14 bits per heavy atom. The highest BCUT2D eigenvalue weighted by atomic mass is 19.1. The summed E-state index contributed by atoms with van der Waals surface area (Å²) in [4.78, 5) is 26.5. The van der Waals surface area contributed by atoms with Gasteiger partial charge in [0.25, 0.3) is 5.91 Å². The van der Waals surface area contributed by atoms with Gasteiger partial charge in [0.1, 0.15) is 17.6 Å². The molecule has 28 heavy (non-hydrogen) atoms. The summed E-state index contributed by atoms with van der Waals surface area (Å²) in [6, 6.07) is 11.1. The van der Waals surface area contributed by atoms with Crippen LogP contribution in [0.3, 0.4) is 0 Å². The summed E-state index contributed by atoms with van der Waals surface area (Å²) < 4.78 is 19.8. The smallest absolute Gasteiger partial charge is 0.261 e. The highest BCUT2D eigenvalue weighted by Gasteiger charge is 2.27. The van der Waals surface area contributed by atoms with Crippen LogP contribution in [0.2, 0.25) is 0 Å². The molecule has 0 radical (unpaired) electrons. The quantitative estimate of drug-likeness (QED) is 0.757. The summed E-state index contributed by atoms with van der Waals surface area (Å²) in [5.41, 5.74) is 2.36. The lowest BCUT2D eigenvalue weighted by molar-refractivity contribution is -0.142. The second kappa shape index (κ2) is 9.88. The zero-order valence-corrected chi connectivity index (χ0v) is 16.8. The second-order valence-corrected chi connectivity index (χ2v) is 6.67. The third-order valence-corrected chi connectivity index (χ3v) is 4.72. The summed E-state index contributed by atoms with van der Waals surface area (Å²) in [6.45, 7) is 7.51. The number of hydrogen-bond acceptors (Lipinski definition) is 3. The molecule has 1 unspecified atom stereocenters. The standard InChI is InChI=1S/C22H27FN2O3/c1-5-24-22(27)17(4)25(13-18-10-6-7-11-19(18)23)21(26)14-28-20-12-8-9-15(2)16(20)3/h6-12,17H,5,13-14H2,1-4H3,(H,24,27). The molecule has 2 amide bonds. The molecule has 1 N–H and O–H groups in total. The Hall–Kier alpha value is -2.89. The lowest BCUT2D eigenvalue weighted by Crippen LogP contribution is -2.49. The number of aryl methyl sites for hydroxylation is 1. The Morgan fingerprint density at radius 3 is 2.54 bits per heavy atom. The number of hydrogen-bond donors (Lipinski definition) is 1. The van der Waals surface area contributed by atoms with E-state index in [0.717, 1.165) is 11.1 Å². The molecular weight excluding hydrogens is 359 g/mol. The van der Waals surface area contributed by atoms with E-state index in [-0.39, 0.29) is 25.0 Å². The van der Waals surface area contributed by atoms with E-state index in [4.69, 9.17) is 4.74 Å². The number of halogens is 1. The molecule has 0 aliphatic heterocycles. The lowest BCUT2D eigenvalue weighted by atomic mass is 10.1. The number of nitrogens with zero attached hydrogens (tertiary/aromatic N) is 1. The zero-order valence-electron chi connectivity index (χ0n) is 16.8. The van der Waals surface area contributed by atoms with Crippen LogP contribution in [0.5, 0.6) is 5.75 Å². The number of likely N-dealkylation sites (N-methyl/N-ethyl adjacent to an activating group) is 1. The molecule has 6 heteroatoms. The van der Waals surface area contributed by atoms with Gasteiger partial charge in [0, 0.05) is 18.7 Å². The van der Waals surface area contributed by atoms with Crippen LogP contribution in [0.15, 0.2) is 42.5 Å². The molecule has 0 saturated heterocycles. The van der Waals surface area contributed by atoms with Crippen molar-refractivity contribution in [2.75, 3.05) is 13.2 Å². The molecule has 0 aromatic heterocycles. The van der Waals surface area contributed by atoms with Crippen LogP contribution >= 0.6 is 0 Å². The fourth-order valence-corrected chi connectivity index (χ4v) is 2.82. The molecule has 1 atom stereocenters. The predicted molar refractivity (Wildman–Crippen MR) is 107 cm³/mol. The van der Waals surface area contributed by atoms with Crippen molar-refractivity contribution in [1.82, 2.24) is 10.2 Å². The highest BCUT2D eigenvalue weighted by Crippen LogP contribution is 2.21. The maximum absolute atomic E-state index is 14.1. The van der Waals surface area contributed by atoms with Crippen molar-refractivity contribution in [1.29, 1.82) is 0 Å². The van der Waals surface area contributed by atoms with Crippen molar-refractivity contribution < 1.29 is 18.7 Å². The molecule has 2 rings (SSSR count). The maximum Gasteiger partial charge on any atom is 0.261 e. The Labute approximate surface area is 165 Å². The van der Waals surface area contributed by atoms with Gasteiger partial charge in [-0.2, -0.15) is 0 Å². The van der Waals surface area contributed by atoms with Gasteiger partial charge in [0.15, 0.2) is 6.61 Å². The molecule has 0 fully saturated rings. The minimum Gasteiger partial charge on any atom is -0.483 e. The molecule has 2 aromatic carbocycles. The van der Waals surface area contributed by atoms with E-state index < -0.39 is 11.9 Å². The van der Waals surface area contributed by atoms with Crippen LogP contribution in [0.4, 0.5) is 4.39 Å². The van der Waals surface area contributed by atoms with E-state index in [9.17, 15) is 14.0 Å². The largest absolute Gasteiger partial charge is 0.483 e. The van der Waals surface area contributed by atoms with Crippen molar-refractivity contribution in [3.8, 4) is 5.75 Å². The average Bonchev–Trinajstić information content (AvgIpc) is 2.68. The number of rotatable bonds is 8. The number of carbonyl (C=O) groups excluding carboxylic acids is 2. The molecule has 0 bridgehead atoms. The molecule has 0 aliphatic rings. The van der Waals surface area contributed by atoms with Gasteiger partial charge in [-0.05, 0) is 51.0 Å². The van der Waals surface area contributed by atoms with Crippen LogP contribution in [0.25, 0.3) is 0 Å². The third kappa shape index (κ3) is 5.31. The van der Waals surface area contributed by atoms with E-state index in [1.54, 1.807) is 38.1 Å². The van der Waals surface area contributed by atoms with Crippen LogP contribution in [0, 0.1) is 19.7 Å². The van der Waals surface area contributed by atoms with E-state index >= 15 is 0 Å². The summed E-state index contributed by atoms with van der Waals surface area (Å²) in [6.07, 6.45) is 0. The predicted octanol–water partition coefficient (Wildman–Crippen LogP) is 3.37. The number of carbonyl (C=O) groups is 2. The Bertz CT molecular complexity index is 838. The van der Waals surface area contributed by atoms with Crippen LogP contribution < -0.4 is 10.1 Å². The van der Waals surface area contributed by atoms with Crippen molar-refractivity contribution >= 4 is 11.8 Å². The maximum atomic E-state index is 14.1. The fourth-order valence-electron chi connectivity index (χ4n) is 2.82. The number of ether oxygens (including phenoxy) is 1. The first-order valence-corrected chi connectivity index (χ1v) is 9.34. The molecule has 150 valence electrons. The van der Waals surface area contributed by atoms with Gasteiger partial charge in [0.2, 0.25) is 5.91 Å². The van der Waals surface area contributed by atoms with Crippen LogP contribution in [-0.2, 0) is 16.1 Å². The first kappa shape index (κ1) is 21.4. The normalized spacial score (nSPS) is 11.6. The molecule has 0 saturated carbocycles. The van der Waals surface area contributed by atoms with E-state index in [0.29, 0.717) is 17.9 Å². The minimum absolute atomic E-state index is 0.0139. The number of benzene rings is 2. The summed E-state index contributed by atoms with van der Waals surface area (Å²) in [5, 5.41) is 2.70. The molecule has 0 heterocycles. The van der Waals surface area contributed by atoms with Crippen molar-refractivity contribution in [3.63, 3.8) is 0 Å². The molecule has 0 aliphatic carbocycles. The Balaban J connectivity index is 2.19. The number of amides is 2. The van der Waals surface area contributed by atoms with Gasteiger partial charge in [-0.15, -0.1) is 0 Å². The third-order valence-electron chi connectivity index (χ3n) is 4.72. The average molecular weight is 386 g/mol. The number of nitrogens with one attached hydrogen (secondary N) is 1. The van der Waals surface area contributed by atoms with Crippen LogP contribution in [-0.4, -0.2) is 35.9 Å². The first-order valence-electron chi connectivity index (χ1n) is 9.34. The zero-order chi connectivity index (χ0) is 20.7. The van der Waals surface area contributed by atoms with Gasteiger partial charge >= 0.3 is 0 Å². The van der Waals surface area contributed by atoms with E-state index in [2.05, 4.69) is 5.32 Å². The van der Waals surface area contributed by atoms with Gasteiger partial charge in [-0.3, -0.25) is 9.59 Å². The van der Waals surface area contributed by atoms with Gasteiger partial charge in [-0.25, -0.2) is 4.39 Å². The lowest BCUT2D eigenvalue weighted by Gasteiger charge is -2.29. The highest BCUT2D eigenvalue weighted by molar-refractivity contribution is 5.87. The van der Waals surface area contributed by atoms with Gasteiger partial charge < -0.3 is 15.0 Å². The van der Waals surface area contributed by atoms with Crippen LogP contribution in [0.1, 0.15) is 30.5 Å². The minimum atomic E-state index is -0.755. The first-order chi connectivity index (χ1) is 13.3. The topological polar surface area (TPSA) is 58.6 Å². The fraction of sp³-hybridized carbons (Fsp3) is 0.364. The molecular formula is C22H27FN2O3. The van der Waals surface area contributed by atoms with Gasteiger partial charge in [-0.1, -0.05) is 30.3 Å². The van der Waals surface area contributed by atoms with Gasteiger partial charge in [0.05, 0.1) is 0 Å².